The zero-order valence-electron chi connectivity index (χ0n) is 6.13. The monoisotopic (exact) mass is 167 g/mol. The van der Waals surface area contributed by atoms with Crippen LogP contribution in [0.1, 0.15) is 17.9 Å². The first-order valence-electron chi connectivity index (χ1n) is 3.44. The summed E-state index contributed by atoms with van der Waals surface area (Å²) in [6.07, 6.45) is 3.72. The quantitative estimate of drug-likeness (QED) is 0.515. The fraction of sp³-hybridized carbons (Fsp3) is 0.286. The first-order chi connectivity index (χ1) is 5.27. The average Bonchev–Trinajstić information content (AvgIpc) is 2.34. The summed E-state index contributed by atoms with van der Waals surface area (Å²) < 4.78 is 0. The molecule has 4 heteroatoms. The van der Waals surface area contributed by atoms with E-state index in [2.05, 4.69) is 27.9 Å². The molecule has 2 heterocycles. The zero-order chi connectivity index (χ0) is 7.84. The van der Waals surface area contributed by atoms with E-state index in [1.54, 1.807) is 6.33 Å². The lowest BCUT2D eigenvalue weighted by Gasteiger charge is -2.15. The van der Waals surface area contributed by atoms with E-state index in [-0.39, 0.29) is 5.25 Å². The van der Waals surface area contributed by atoms with Crippen LogP contribution in [0.4, 0.5) is 5.82 Å². The highest BCUT2D eigenvalue weighted by atomic mass is 32.1. The van der Waals surface area contributed by atoms with Crippen LogP contribution in [0.5, 0.6) is 0 Å². The fourth-order valence-corrected chi connectivity index (χ4v) is 1.60. The van der Waals surface area contributed by atoms with Gasteiger partial charge in [0.25, 0.3) is 0 Å². The van der Waals surface area contributed by atoms with Gasteiger partial charge in [0.2, 0.25) is 0 Å². The molecule has 0 saturated heterocycles. The van der Waals surface area contributed by atoms with E-state index in [4.69, 9.17) is 0 Å². The maximum atomic E-state index is 4.38. The number of hydrogen-bond acceptors (Lipinski definition) is 3. The summed E-state index contributed by atoms with van der Waals surface area (Å²) in [6.45, 7) is 2.00. The number of nitrogens with one attached hydrogen (secondary N) is 2. The summed E-state index contributed by atoms with van der Waals surface area (Å²) in [5.41, 5.74) is 2.14. The van der Waals surface area contributed by atoms with Gasteiger partial charge in [0, 0.05) is 5.70 Å². The Hall–Kier alpha value is -0.900. The first kappa shape index (κ1) is 6.79. The molecule has 1 aromatic rings. The van der Waals surface area contributed by atoms with Crippen LogP contribution in [-0.4, -0.2) is 9.97 Å². The van der Waals surface area contributed by atoms with Crippen molar-refractivity contribution in [2.45, 2.75) is 12.2 Å². The van der Waals surface area contributed by atoms with Gasteiger partial charge in [0.15, 0.2) is 5.82 Å². The molecule has 58 valence electrons. The number of nitrogens with zero attached hydrogens (tertiary/aromatic N) is 1. The van der Waals surface area contributed by atoms with Crippen LogP contribution in [0, 0.1) is 0 Å². The molecule has 0 fully saturated rings. The van der Waals surface area contributed by atoms with E-state index < -0.39 is 0 Å². The normalized spacial score (nSPS) is 22.0. The number of thiol groups is 1. The van der Waals surface area contributed by atoms with Crippen molar-refractivity contribution in [1.29, 1.82) is 0 Å². The van der Waals surface area contributed by atoms with Crippen LogP contribution in [-0.2, 0) is 0 Å². The summed E-state index contributed by atoms with van der Waals surface area (Å²) in [5.74, 6) is 0.894. The highest BCUT2D eigenvalue weighted by molar-refractivity contribution is 7.80. The number of aromatic amines is 1. The first-order valence-corrected chi connectivity index (χ1v) is 3.96. The molecule has 0 aromatic carbocycles. The topological polar surface area (TPSA) is 40.7 Å². The molecule has 1 aliphatic rings. The number of rotatable bonds is 0. The molecule has 1 aromatic heterocycles. The summed E-state index contributed by atoms with van der Waals surface area (Å²) in [4.78, 5) is 7.13. The van der Waals surface area contributed by atoms with Crippen LogP contribution in [0.3, 0.4) is 0 Å². The van der Waals surface area contributed by atoms with Crippen molar-refractivity contribution in [1.82, 2.24) is 9.97 Å². The summed E-state index contributed by atoms with van der Waals surface area (Å²) in [6, 6.07) is 0. The van der Waals surface area contributed by atoms with Gasteiger partial charge in [-0.2, -0.15) is 12.6 Å². The lowest BCUT2D eigenvalue weighted by Crippen LogP contribution is -2.06. The van der Waals surface area contributed by atoms with Crippen LogP contribution in [0.25, 0.3) is 0 Å². The standard InChI is InChI=1S/C7H9N3S/c1-4-2-5(11)6-7(10-4)9-3-8-6/h2-3,5,10-11H,1H3,(H,8,9). The fourth-order valence-electron chi connectivity index (χ4n) is 1.18. The lowest BCUT2D eigenvalue weighted by atomic mass is 10.2. The smallest absolute Gasteiger partial charge is 0.152 e. The summed E-state index contributed by atoms with van der Waals surface area (Å²) >= 11 is 4.38. The van der Waals surface area contributed by atoms with Gasteiger partial charge in [0.05, 0.1) is 17.3 Å². The highest BCUT2D eigenvalue weighted by Crippen LogP contribution is 2.30. The predicted octanol–water partition coefficient (Wildman–Crippen LogP) is 1.71. The predicted molar refractivity (Wildman–Crippen MR) is 47.7 cm³/mol. The van der Waals surface area contributed by atoms with Gasteiger partial charge in [-0.15, -0.1) is 0 Å². The Morgan fingerprint density at radius 1 is 1.64 bits per heavy atom. The molecule has 0 saturated carbocycles. The largest absolute Gasteiger partial charge is 0.345 e. The van der Waals surface area contributed by atoms with E-state index in [1.165, 1.54) is 0 Å². The van der Waals surface area contributed by atoms with Crippen molar-refractivity contribution < 1.29 is 0 Å². The van der Waals surface area contributed by atoms with Crippen molar-refractivity contribution in [3.63, 3.8) is 0 Å². The lowest BCUT2D eigenvalue weighted by molar-refractivity contribution is 1.08. The van der Waals surface area contributed by atoms with Gasteiger partial charge in [0.1, 0.15) is 0 Å². The minimum Gasteiger partial charge on any atom is -0.345 e. The molecule has 0 spiro atoms. The number of allylic oxidation sites excluding steroid dienone is 1. The molecule has 2 rings (SSSR count). The Morgan fingerprint density at radius 2 is 2.45 bits per heavy atom. The zero-order valence-corrected chi connectivity index (χ0v) is 7.02. The molecule has 1 atom stereocenters. The third-order valence-corrected chi connectivity index (χ3v) is 2.10. The van der Waals surface area contributed by atoms with Crippen molar-refractivity contribution in [3.8, 4) is 0 Å². The molecular formula is C7H9N3S. The van der Waals surface area contributed by atoms with Gasteiger partial charge in [-0.05, 0) is 13.0 Å². The average molecular weight is 167 g/mol. The molecule has 0 amide bonds. The Balaban J connectivity index is 2.45. The van der Waals surface area contributed by atoms with Gasteiger partial charge >= 0.3 is 0 Å². The summed E-state index contributed by atoms with van der Waals surface area (Å²) in [7, 11) is 0. The van der Waals surface area contributed by atoms with Crippen molar-refractivity contribution in [2.24, 2.45) is 0 Å². The second kappa shape index (κ2) is 2.30. The molecule has 1 unspecified atom stereocenters. The minimum atomic E-state index is 0.147. The van der Waals surface area contributed by atoms with E-state index in [1.807, 2.05) is 13.0 Å². The van der Waals surface area contributed by atoms with Gasteiger partial charge < -0.3 is 10.3 Å². The second-order valence-electron chi connectivity index (χ2n) is 2.58. The number of hydrogen-bond donors (Lipinski definition) is 3. The minimum absolute atomic E-state index is 0.147. The number of fused-ring (bicyclic) bond motifs is 1. The molecule has 0 aliphatic carbocycles. The van der Waals surface area contributed by atoms with Crippen molar-refractivity contribution in [2.75, 3.05) is 5.32 Å². The van der Waals surface area contributed by atoms with Crippen LogP contribution in [0.2, 0.25) is 0 Å². The van der Waals surface area contributed by atoms with E-state index in [0.29, 0.717) is 0 Å². The summed E-state index contributed by atoms with van der Waals surface area (Å²) in [5, 5.41) is 3.29. The Morgan fingerprint density at radius 3 is 3.27 bits per heavy atom. The number of aromatic nitrogens is 2. The molecule has 0 radical (unpaired) electrons. The van der Waals surface area contributed by atoms with Crippen molar-refractivity contribution >= 4 is 18.4 Å². The second-order valence-corrected chi connectivity index (χ2v) is 3.14. The van der Waals surface area contributed by atoms with Crippen LogP contribution >= 0.6 is 12.6 Å². The number of imidazole rings is 1. The van der Waals surface area contributed by atoms with Crippen molar-refractivity contribution in [3.05, 3.63) is 23.8 Å². The molecule has 0 bridgehead atoms. The van der Waals surface area contributed by atoms with Gasteiger partial charge in [-0.1, -0.05) is 0 Å². The highest BCUT2D eigenvalue weighted by Gasteiger charge is 2.16. The third kappa shape index (κ3) is 1.03. The number of H-pyrrole nitrogens is 1. The Bertz CT molecular complexity index is 302. The van der Waals surface area contributed by atoms with E-state index in [9.17, 15) is 0 Å². The van der Waals surface area contributed by atoms with Gasteiger partial charge in [-0.25, -0.2) is 4.98 Å². The maximum absolute atomic E-state index is 4.38. The molecule has 3 nitrogen and oxygen atoms in total. The maximum Gasteiger partial charge on any atom is 0.152 e. The molecule has 11 heavy (non-hydrogen) atoms. The van der Waals surface area contributed by atoms with Crippen LogP contribution < -0.4 is 5.32 Å². The molecule has 1 aliphatic heterocycles. The van der Waals surface area contributed by atoms with E-state index >= 15 is 0 Å². The molecular weight excluding hydrogens is 158 g/mol. The third-order valence-electron chi connectivity index (χ3n) is 1.69. The Kier molecular flexibility index (Phi) is 1.42. The SMILES string of the molecule is CC1=CC(S)c2[nH]cnc2N1. The number of anilines is 1. The Labute approximate surface area is 70.3 Å². The van der Waals surface area contributed by atoms with E-state index in [0.717, 1.165) is 17.2 Å². The molecule has 2 N–H and O–H groups in total. The van der Waals surface area contributed by atoms with Crippen LogP contribution in [0.15, 0.2) is 18.1 Å². The van der Waals surface area contributed by atoms with Gasteiger partial charge in [-0.3, -0.25) is 0 Å².